The van der Waals surface area contributed by atoms with Crippen LogP contribution in [0.25, 0.3) is 0 Å². The summed E-state index contributed by atoms with van der Waals surface area (Å²) >= 11 is 5.18. The van der Waals surface area contributed by atoms with Crippen molar-refractivity contribution in [2.75, 3.05) is 6.54 Å². The minimum Gasteiger partial charge on any atom is -0.335 e. The van der Waals surface area contributed by atoms with Gasteiger partial charge in [-0.3, -0.25) is 4.79 Å². The molecule has 18 heavy (non-hydrogen) atoms. The van der Waals surface area contributed by atoms with Gasteiger partial charge in [0.1, 0.15) is 6.29 Å². The summed E-state index contributed by atoms with van der Waals surface area (Å²) in [5.41, 5.74) is 1.19. The van der Waals surface area contributed by atoms with Crippen molar-refractivity contribution in [2.45, 2.75) is 32.7 Å². The number of nitrogens with zero attached hydrogens (tertiary/aromatic N) is 1. The minimum absolute atomic E-state index is 0.0569. The Morgan fingerprint density at radius 3 is 2.83 bits per heavy atom. The molecule has 1 fully saturated rings. The topological polar surface area (TPSA) is 37.4 Å². The van der Waals surface area contributed by atoms with E-state index in [2.05, 4.69) is 22.0 Å². The smallest absolute Gasteiger partial charge is 0.219 e. The number of likely N-dealkylation sites (tertiary alicyclic amines) is 1. The molecule has 2 heterocycles. The molecule has 2 rings (SSSR count). The first-order valence-corrected chi connectivity index (χ1v) is 7.62. The first-order chi connectivity index (χ1) is 8.52. The van der Waals surface area contributed by atoms with Gasteiger partial charge in [0.2, 0.25) is 5.91 Å². The number of hydrogen-bond donors (Lipinski definition) is 0. The van der Waals surface area contributed by atoms with E-state index in [4.69, 9.17) is 0 Å². The van der Waals surface area contributed by atoms with Crippen LogP contribution in [0, 0.1) is 12.8 Å². The lowest BCUT2D eigenvalue weighted by atomic mass is 9.91. The van der Waals surface area contributed by atoms with Gasteiger partial charge in [-0.1, -0.05) is 0 Å². The third-order valence-corrected chi connectivity index (χ3v) is 5.68. The van der Waals surface area contributed by atoms with Gasteiger partial charge in [-0.05, 0) is 47.3 Å². The van der Waals surface area contributed by atoms with Crippen LogP contribution in [0.1, 0.15) is 36.2 Å². The number of rotatable bonds is 2. The van der Waals surface area contributed by atoms with E-state index < -0.39 is 0 Å². The second-order valence-electron chi connectivity index (χ2n) is 4.75. The fourth-order valence-electron chi connectivity index (χ4n) is 2.41. The first kappa shape index (κ1) is 13.7. The molecule has 2 unspecified atom stereocenters. The van der Waals surface area contributed by atoms with E-state index in [1.807, 2.05) is 11.8 Å². The van der Waals surface area contributed by atoms with Gasteiger partial charge >= 0.3 is 0 Å². The molecule has 98 valence electrons. The van der Waals surface area contributed by atoms with E-state index in [0.29, 0.717) is 6.54 Å². The van der Waals surface area contributed by atoms with E-state index in [9.17, 15) is 9.59 Å². The van der Waals surface area contributed by atoms with Crippen molar-refractivity contribution in [1.29, 1.82) is 0 Å². The van der Waals surface area contributed by atoms with Crippen LogP contribution >= 0.6 is 27.3 Å². The normalized spacial score (nSPS) is 24.1. The maximum Gasteiger partial charge on any atom is 0.219 e. The molecule has 0 spiro atoms. The molecule has 1 saturated heterocycles. The molecule has 0 aromatic carbocycles. The van der Waals surface area contributed by atoms with Crippen LogP contribution in [0.3, 0.4) is 0 Å². The lowest BCUT2D eigenvalue weighted by Crippen LogP contribution is -2.39. The molecule has 1 aromatic rings. The molecule has 1 aliphatic heterocycles. The third-order valence-electron chi connectivity index (χ3n) is 3.44. The average molecular weight is 330 g/mol. The standard InChI is InChI=1S/C13H16BrNO2S/c1-8-5-12(18-13(8)14)11-6-10(7-16)3-4-15(11)9(2)17/h5,7,10-11H,3-4,6H2,1-2H3. The van der Waals surface area contributed by atoms with Crippen molar-refractivity contribution in [3.05, 3.63) is 20.3 Å². The average Bonchev–Trinajstić information content (AvgIpc) is 2.68. The molecule has 2 atom stereocenters. The van der Waals surface area contributed by atoms with Gasteiger partial charge in [-0.25, -0.2) is 0 Å². The van der Waals surface area contributed by atoms with E-state index in [0.717, 1.165) is 22.9 Å². The molecule has 3 nitrogen and oxygen atoms in total. The van der Waals surface area contributed by atoms with Crippen molar-refractivity contribution in [3.63, 3.8) is 0 Å². The van der Waals surface area contributed by atoms with Crippen molar-refractivity contribution in [3.8, 4) is 0 Å². The van der Waals surface area contributed by atoms with Crippen LogP contribution in [-0.2, 0) is 9.59 Å². The second-order valence-corrected chi connectivity index (χ2v) is 7.16. The first-order valence-electron chi connectivity index (χ1n) is 6.01. The third kappa shape index (κ3) is 2.67. The summed E-state index contributed by atoms with van der Waals surface area (Å²) in [7, 11) is 0. The van der Waals surface area contributed by atoms with Crippen LogP contribution in [0.2, 0.25) is 0 Å². The zero-order valence-corrected chi connectivity index (χ0v) is 12.9. The number of carbonyl (C=O) groups excluding carboxylic acids is 2. The monoisotopic (exact) mass is 329 g/mol. The predicted octanol–water partition coefficient (Wildman–Crippen LogP) is 3.32. The lowest BCUT2D eigenvalue weighted by molar-refractivity contribution is -0.134. The fourth-order valence-corrected chi connectivity index (χ4v) is 4.11. The highest BCUT2D eigenvalue weighted by molar-refractivity contribution is 9.11. The molecule has 1 aliphatic rings. The van der Waals surface area contributed by atoms with Crippen LogP contribution in [0.4, 0.5) is 0 Å². The molecule has 1 aromatic heterocycles. The number of halogens is 1. The Labute approximate surface area is 119 Å². The zero-order valence-electron chi connectivity index (χ0n) is 10.5. The number of thiophene rings is 1. The van der Waals surface area contributed by atoms with Gasteiger partial charge in [0, 0.05) is 24.3 Å². The predicted molar refractivity (Wildman–Crippen MR) is 75.7 cm³/mol. The Morgan fingerprint density at radius 1 is 1.61 bits per heavy atom. The van der Waals surface area contributed by atoms with Crippen LogP contribution < -0.4 is 0 Å². The highest BCUT2D eigenvalue weighted by Crippen LogP contribution is 2.39. The van der Waals surface area contributed by atoms with Gasteiger partial charge in [-0.15, -0.1) is 11.3 Å². The highest BCUT2D eigenvalue weighted by Gasteiger charge is 2.32. The van der Waals surface area contributed by atoms with E-state index in [1.54, 1.807) is 18.3 Å². The summed E-state index contributed by atoms with van der Waals surface area (Å²) < 4.78 is 1.11. The van der Waals surface area contributed by atoms with Gasteiger partial charge in [0.25, 0.3) is 0 Å². The Kier molecular flexibility index (Phi) is 4.22. The summed E-state index contributed by atoms with van der Waals surface area (Å²) in [6, 6.07) is 2.17. The Bertz CT molecular complexity index is 452. The van der Waals surface area contributed by atoms with Crippen LogP contribution in [-0.4, -0.2) is 23.6 Å². The largest absolute Gasteiger partial charge is 0.335 e. The SMILES string of the molecule is CC(=O)N1CCC(C=O)CC1c1cc(C)c(Br)s1. The lowest BCUT2D eigenvalue weighted by Gasteiger charge is -2.37. The van der Waals surface area contributed by atoms with E-state index in [-0.39, 0.29) is 17.9 Å². The molecule has 1 amide bonds. The van der Waals surface area contributed by atoms with Crippen LogP contribution in [0.15, 0.2) is 9.85 Å². The van der Waals surface area contributed by atoms with Crippen molar-refractivity contribution in [2.24, 2.45) is 5.92 Å². The molecule has 5 heteroatoms. The van der Waals surface area contributed by atoms with Crippen molar-refractivity contribution in [1.82, 2.24) is 4.90 Å². The summed E-state index contributed by atoms with van der Waals surface area (Å²) in [4.78, 5) is 25.7. The maximum atomic E-state index is 11.7. The van der Waals surface area contributed by atoms with Crippen molar-refractivity contribution < 1.29 is 9.59 Å². The van der Waals surface area contributed by atoms with Crippen molar-refractivity contribution >= 4 is 39.5 Å². The molecule has 0 N–H and O–H groups in total. The number of hydrogen-bond acceptors (Lipinski definition) is 3. The Balaban J connectivity index is 2.29. The Hall–Kier alpha value is -0.680. The highest BCUT2D eigenvalue weighted by atomic mass is 79.9. The van der Waals surface area contributed by atoms with Gasteiger partial charge < -0.3 is 9.69 Å². The summed E-state index contributed by atoms with van der Waals surface area (Å²) in [6.45, 7) is 4.32. The number of aldehydes is 1. The zero-order chi connectivity index (χ0) is 13.3. The number of amides is 1. The van der Waals surface area contributed by atoms with E-state index >= 15 is 0 Å². The molecular weight excluding hydrogens is 314 g/mol. The minimum atomic E-state index is 0.0569. The molecular formula is C13H16BrNO2S. The molecule has 0 radical (unpaired) electrons. The quantitative estimate of drug-likeness (QED) is 0.780. The van der Waals surface area contributed by atoms with E-state index in [1.165, 1.54) is 10.4 Å². The fraction of sp³-hybridized carbons (Fsp3) is 0.538. The molecule has 0 aliphatic carbocycles. The second kappa shape index (κ2) is 5.53. The van der Waals surface area contributed by atoms with Gasteiger partial charge in [-0.2, -0.15) is 0 Å². The summed E-state index contributed by atoms with van der Waals surface area (Å²) in [5, 5.41) is 0. The van der Waals surface area contributed by atoms with Gasteiger partial charge in [0.15, 0.2) is 0 Å². The summed E-state index contributed by atoms with van der Waals surface area (Å²) in [6.07, 6.45) is 2.56. The summed E-state index contributed by atoms with van der Waals surface area (Å²) in [5.74, 6) is 0.165. The molecule has 0 bridgehead atoms. The number of piperidine rings is 1. The Morgan fingerprint density at radius 2 is 2.33 bits per heavy atom. The van der Waals surface area contributed by atoms with Gasteiger partial charge in [0.05, 0.1) is 9.83 Å². The number of aryl methyl sites for hydroxylation is 1. The van der Waals surface area contributed by atoms with Crippen LogP contribution in [0.5, 0.6) is 0 Å². The molecule has 0 saturated carbocycles. The number of carbonyl (C=O) groups is 2. The maximum absolute atomic E-state index is 11.7.